The maximum atomic E-state index is 9.03. The van der Waals surface area contributed by atoms with E-state index in [0.717, 1.165) is 31.6 Å². The van der Waals surface area contributed by atoms with E-state index in [1.807, 2.05) is 12.1 Å². The lowest BCUT2D eigenvalue weighted by molar-refractivity contribution is -0.0592. The Morgan fingerprint density at radius 3 is 2.91 bits per heavy atom. The van der Waals surface area contributed by atoms with Crippen LogP contribution >= 0.6 is 11.6 Å². The topological polar surface area (TPSA) is 36.3 Å². The Kier molecular flexibility index (Phi) is 3.52. The van der Waals surface area contributed by atoms with Crippen LogP contribution in [-0.4, -0.2) is 19.7 Å². The van der Waals surface area contributed by atoms with Gasteiger partial charge in [-0.05, 0) is 42.2 Å². The molecule has 3 nitrogen and oxygen atoms in total. The summed E-state index contributed by atoms with van der Waals surface area (Å²) in [7, 11) is 0. The standard InChI is InChI=1S/C19H17ClN2O/c20-18-11-16(6-5-15(18)12-21)22-9-10-23-19(13-22)8-7-14-3-1-2-4-17(14)19/h1-6,11H,7-10,13H2. The molecule has 2 aromatic rings. The number of nitrogens with zero attached hydrogens (tertiary/aromatic N) is 2. The molecule has 0 bridgehead atoms. The molecule has 1 aliphatic heterocycles. The molecule has 2 aliphatic rings. The van der Waals surface area contributed by atoms with Gasteiger partial charge in [-0.25, -0.2) is 0 Å². The van der Waals surface area contributed by atoms with Crippen molar-refractivity contribution in [3.63, 3.8) is 0 Å². The maximum absolute atomic E-state index is 9.03. The van der Waals surface area contributed by atoms with Gasteiger partial charge in [-0.2, -0.15) is 5.26 Å². The average Bonchev–Trinajstić information content (AvgIpc) is 2.93. The van der Waals surface area contributed by atoms with E-state index in [9.17, 15) is 0 Å². The highest BCUT2D eigenvalue weighted by atomic mass is 35.5. The minimum Gasteiger partial charge on any atom is -0.367 e. The van der Waals surface area contributed by atoms with Gasteiger partial charge < -0.3 is 9.64 Å². The third-order valence-electron chi connectivity index (χ3n) is 4.93. The molecule has 0 N–H and O–H groups in total. The van der Waals surface area contributed by atoms with Crippen molar-refractivity contribution >= 4 is 17.3 Å². The summed E-state index contributed by atoms with van der Waals surface area (Å²) < 4.78 is 6.25. The molecule has 0 aromatic heterocycles. The first-order chi connectivity index (χ1) is 11.2. The number of rotatable bonds is 1. The largest absolute Gasteiger partial charge is 0.367 e. The van der Waals surface area contributed by atoms with Crippen LogP contribution in [0.5, 0.6) is 0 Å². The number of hydrogen-bond acceptors (Lipinski definition) is 3. The highest BCUT2D eigenvalue weighted by Gasteiger charge is 2.43. The van der Waals surface area contributed by atoms with E-state index in [2.05, 4.69) is 35.2 Å². The summed E-state index contributed by atoms with van der Waals surface area (Å²) in [5.74, 6) is 0. The van der Waals surface area contributed by atoms with E-state index in [0.29, 0.717) is 17.2 Å². The Labute approximate surface area is 141 Å². The molecule has 1 saturated heterocycles. The summed E-state index contributed by atoms with van der Waals surface area (Å²) in [5, 5.41) is 9.54. The third kappa shape index (κ3) is 2.39. The zero-order valence-electron chi connectivity index (χ0n) is 12.8. The van der Waals surface area contributed by atoms with Crippen molar-refractivity contribution in [3.05, 3.63) is 64.2 Å². The molecule has 1 unspecified atom stereocenters. The van der Waals surface area contributed by atoms with Crippen LogP contribution in [0.25, 0.3) is 0 Å². The van der Waals surface area contributed by atoms with Gasteiger partial charge in [0.1, 0.15) is 11.7 Å². The van der Waals surface area contributed by atoms with E-state index < -0.39 is 0 Å². The van der Waals surface area contributed by atoms with Crippen molar-refractivity contribution in [1.29, 1.82) is 5.26 Å². The number of fused-ring (bicyclic) bond motifs is 2. The number of morpholine rings is 1. The third-order valence-corrected chi connectivity index (χ3v) is 5.24. The maximum Gasteiger partial charge on any atom is 0.111 e. The van der Waals surface area contributed by atoms with Crippen molar-refractivity contribution in [2.75, 3.05) is 24.6 Å². The number of ether oxygens (including phenoxy) is 1. The van der Waals surface area contributed by atoms with E-state index in [1.54, 1.807) is 6.07 Å². The van der Waals surface area contributed by atoms with Crippen molar-refractivity contribution in [2.24, 2.45) is 0 Å². The number of anilines is 1. The summed E-state index contributed by atoms with van der Waals surface area (Å²) in [4.78, 5) is 2.32. The Bertz CT molecular complexity index is 794. The van der Waals surface area contributed by atoms with Crippen LogP contribution in [0.15, 0.2) is 42.5 Å². The van der Waals surface area contributed by atoms with Crippen molar-refractivity contribution < 1.29 is 4.74 Å². The molecule has 0 amide bonds. The molecule has 0 saturated carbocycles. The molecular formula is C19H17ClN2O. The Balaban J connectivity index is 1.66. The van der Waals surface area contributed by atoms with Gasteiger partial charge in [0.05, 0.1) is 23.7 Å². The highest BCUT2D eigenvalue weighted by Crippen LogP contribution is 2.43. The molecule has 0 radical (unpaired) electrons. The second-order valence-corrected chi connectivity index (χ2v) is 6.60. The van der Waals surface area contributed by atoms with Gasteiger partial charge in [-0.15, -0.1) is 0 Å². The van der Waals surface area contributed by atoms with Gasteiger partial charge in [0, 0.05) is 12.2 Å². The molecule has 1 spiro atoms. The summed E-state index contributed by atoms with van der Waals surface area (Å²) in [6.45, 7) is 2.37. The molecule has 2 aromatic carbocycles. The van der Waals surface area contributed by atoms with Crippen molar-refractivity contribution in [3.8, 4) is 6.07 Å². The molecule has 23 heavy (non-hydrogen) atoms. The summed E-state index contributed by atoms with van der Waals surface area (Å²) in [5.41, 5.74) is 4.08. The first kappa shape index (κ1) is 14.6. The molecule has 1 aliphatic carbocycles. The lowest BCUT2D eigenvalue weighted by atomic mass is 9.93. The van der Waals surface area contributed by atoms with Crippen LogP contribution in [0, 0.1) is 11.3 Å². The molecule has 1 fully saturated rings. The van der Waals surface area contributed by atoms with Gasteiger partial charge in [0.25, 0.3) is 0 Å². The molecular weight excluding hydrogens is 308 g/mol. The quantitative estimate of drug-likeness (QED) is 0.798. The van der Waals surface area contributed by atoms with Gasteiger partial charge in [-0.1, -0.05) is 35.9 Å². The van der Waals surface area contributed by atoms with Gasteiger partial charge in [-0.3, -0.25) is 0 Å². The Morgan fingerprint density at radius 1 is 1.22 bits per heavy atom. The van der Waals surface area contributed by atoms with Crippen LogP contribution in [-0.2, 0) is 16.8 Å². The Hall–Kier alpha value is -2.02. The zero-order valence-corrected chi connectivity index (χ0v) is 13.5. The fraction of sp³-hybridized carbons (Fsp3) is 0.316. The second kappa shape index (κ2) is 5.56. The normalized spacial score (nSPS) is 22.9. The van der Waals surface area contributed by atoms with Crippen molar-refractivity contribution in [1.82, 2.24) is 0 Å². The fourth-order valence-corrected chi connectivity index (χ4v) is 3.98. The number of nitriles is 1. The van der Waals surface area contributed by atoms with Crippen LogP contribution < -0.4 is 4.90 Å². The number of hydrogen-bond donors (Lipinski definition) is 0. The predicted molar refractivity (Wildman–Crippen MR) is 90.8 cm³/mol. The number of benzene rings is 2. The zero-order chi connectivity index (χ0) is 15.9. The molecule has 1 atom stereocenters. The van der Waals surface area contributed by atoms with Crippen molar-refractivity contribution in [2.45, 2.75) is 18.4 Å². The van der Waals surface area contributed by atoms with Crippen LogP contribution in [0.1, 0.15) is 23.1 Å². The van der Waals surface area contributed by atoms with Gasteiger partial charge in [0.15, 0.2) is 0 Å². The van der Waals surface area contributed by atoms with E-state index in [1.165, 1.54) is 11.1 Å². The minimum atomic E-state index is -0.213. The first-order valence-corrected chi connectivity index (χ1v) is 8.27. The lowest BCUT2D eigenvalue weighted by Gasteiger charge is -2.42. The predicted octanol–water partition coefficient (Wildman–Crippen LogP) is 3.89. The monoisotopic (exact) mass is 324 g/mol. The molecule has 4 heteroatoms. The smallest absolute Gasteiger partial charge is 0.111 e. The molecule has 1 heterocycles. The van der Waals surface area contributed by atoms with E-state index in [4.69, 9.17) is 21.6 Å². The van der Waals surface area contributed by atoms with Gasteiger partial charge in [0.2, 0.25) is 0 Å². The minimum absolute atomic E-state index is 0.213. The average molecular weight is 325 g/mol. The molecule has 116 valence electrons. The lowest BCUT2D eigenvalue weighted by Crippen LogP contribution is -2.49. The van der Waals surface area contributed by atoms with Gasteiger partial charge >= 0.3 is 0 Å². The molecule has 4 rings (SSSR count). The highest BCUT2D eigenvalue weighted by molar-refractivity contribution is 6.32. The Morgan fingerprint density at radius 2 is 2.09 bits per heavy atom. The summed E-state index contributed by atoms with van der Waals surface area (Å²) in [6, 6.07) is 16.3. The SMILES string of the molecule is N#Cc1ccc(N2CCOC3(CCc4ccccc43)C2)cc1Cl. The summed E-state index contributed by atoms with van der Waals surface area (Å²) >= 11 is 6.20. The fourth-order valence-electron chi connectivity index (χ4n) is 3.76. The van der Waals surface area contributed by atoms with Crippen LogP contribution in [0.2, 0.25) is 5.02 Å². The number of aryl methyl sites for hydroxylation is 1. The van der Waals surface area contributed by atoms with Crippen LogP contribution in [0.3, 0.4) is 0 Å². The van der Waals surface area contributed by atoms with E-state index >= 15 is 0 Å². The number of halogens is 1. The van der Waals surface area contributed by atoms with Crippen LogP contribution in [0.4, 0.5) is 5.69 Å². The first-order valence-electron chi connectivity index (χ1n) is 7.89. The van der Waals surface area contributed by atoms with E-state index in [-0.39, 0.29) is 5.60 Å². The second-order valence-electron chi connectivity index (χ2n) is 6.20. The summed E-state index contributed by atoms with van der Waals surface area (Å²) in [6.07, 6.45) is 2.09.